The second-order valence-electron chi connectivity index (χ2n) is 4.62. The third-order valence-electron chi connectivity index (χ3n) is 3.16. The van der Waals surface area contributed by atoms with Crippen molar-refractivity contribution in [1.82, 2.24) is 9.97 Å². The topological polar surface area (TPSA) is 75.5 Å². The molecule has 6 nitrogen and oxygen atoms in total. The number of hydrogen-bond donors (Lipinski definition) is 1. The quantitative estimate of drug-likeness (QED) is 0.891. The fourth-order valence-electron chi connectivity index (χ4n) is 2.30. The highest BCUT2D eigenvalue weighted by Crippen LogP contribution is 2.24. The van der Waals surface area contributed by atoms with Gasteiger partial charge in [-0.3, -0.25) is 0 Å². The molecule has 1 unspecified atom stereocenters. The molecular formula is C13H19N3O3. The lowest BCUT2D eigenvalue weighted by atomic mass is 10.0. The molecule has 2 rings (SSSR count). The Morgan fingerprint density at radius 3 is 3.00 bits per heavy atom. The molecule has 104 valence electrons. The minimum Gasteiger partial charge on any atom is -0.480 e. The fraction of sp³-hybridized carbons (Fsp3) is 0.615. The maximum absolute atomic E-state index is 11.3. The van der Waals surface area contributed by atoms with E-state index < -0.39 is 12.0 Å². The van der Waals surface area contributed by atoms with Crippen LogP contribution in [0.4, 0.5) is 5.95 Å². The summed E-state index contributed by atoms with van der Waals surface area (Å²) in [5.41, 5.74) is 0.781. The van der Waals surface area contributed by atoms with Crippen LogP contribution >= 0.6 is 0 Å². The molecule has 0 bridgehead atoms. The van der Waals surface area contributed by atoms with Gasteiger partial charge < -0.3 is 14.7 Å². The van der Waals surface area contributed by atoms with E-state index in [0.29, 0.717) is 31.4 Å². The SMILES string of the molecule is CCOc1cc(C)nc(N2CCCCC2C(=O)O)n1. The molecule has 1 aliphatic heterocycles. The minimum absolute atomic E-state index is 0.454. The van der Waals surface area contributed by atoms with Crippen LogP contribution in [0.5, 0.6) is 5.88 Å². The number of piperidine rings is 1. The Labute approximate surface area is 112 Å². The first-order chi connectivity index (χ1) is 9.11. The maximum Gasteiger partial charge on any atom is 0.326 e. The van der Waals surface area contributed by atoms with Crippen LogP contribution in [0.25, 0.3) is 0 Å². The zero-order valence-corrected chi connectivity index (χ0v) is 11.3. The minimum atomic E-state index is -0.817. The molecule has 0 radical (unpaired) electrons. The van der Waals surface area contributed by atoms with Gasteiger partial charge in [-0.05, 0) is 33.1 Å². The fourth-order valence-corrected chi connectivity index (χ4v) is 2.30. The van der Waals surface area contributed by atoms with Gasteiger partial charge in [-0.25, -0.2) is 9.78 Å². The van der Waals surface area contributed by atoms with E-state index >= 15 is 0 Å². The summed E-state index contributed by atoms with van der Waals surface area (Å²) in [6.07, 6.45) is 2.53. The molecule has 1 atom stereocenters. The number of aryl methyl sites for hydroxylation is 1. The molecule has 1 aliphatic rings. The van der Waals surface area contributed by atoms with Gasteiger partial charge in [0.15, 0.2) is 0 Å². The summed E-state index contributed by atoms with van der Waals surface area (Å²) < 4.78 is 5.39. The molecule has 0 saturated carbocycles. The molecule has 2 heterocycles. The van der Waals surface area contributed by atoms with Crippen molar-refractivity contribution >= 4 is 11.9 Å². The van der Waals surface area contributed by atoms with Crippen LogP contribution in [0.3, 0.4) is 0 Å². The first-order valence-corrected chi connectivity index (χ1v) is 6.59. The Bertz CT molecular complexity index is 464. The second kappa shape index (κ2) is 5.86. The Morgan fingerprint density at radius 1 is 1.53 bits per heavy atom. The van der Waals surface area contributed by atoms with Crippen LogP contribution in [-0.2, 0) is 4.79 Å². The van der Waals surface area contributed by atoms with Crippen molar-refractivity contribution in [2.75, 3.05) is 18.1 Å². The summed E-state index contributed by atoms with van der Waals surface area (Å²) in [6, 6.07) is 1.22. The van der Waals surface area contributed by atoms with Gasteiger partial charge in [0, 0.05) is 18.3 Å². The van der Waals surface area contributed by atoms with Crippen molar-refractivity contribution in [3.8, 4) is 5.88 Å². The van der Waals surface area contributed by atoms with Crippen LogP contribution in [0.1, 0.15) is 31.9 Å². The summed E-state index contributed by atoms with van der Waals surface area (Å²) in [5.74, 6) is 0.137. The van der Waals surface area contributed by atoms with E-state index in [9.17, 15) is 9.90 Å². The third kappa shape index (κ3) is 3.13. The van der Waals surface area contributed by atoms with Crippen molar-refractivity contribution in [3.63, 3.8) is 0 Å². The molecule has 6 heteroatoms. The number of carboxylic acid groups (broad SMARTS) is 1. The number of carboxylic acids is 1. The Morgan fingerprint density at radius 2 is 2.32 bits per heavy atom. The van der Waals surface area contributed by atoms with E-state index in [0.717, 1.165) is 18.5 Å². The van der Waals surface area contributed by atoms with E-state index in [2.05, 4.69) is 9.97 Å². The van der Waals surface area contributed by atoms with Crippen molar-refractivity contribution in [1.29, 1.82) is 0 Å². The summed E-state index contributed by atoms with van der Waals surface area (Å²) in [4.78, 5) is 21.7. The number of anilines is 1. The van der Waals surface area contributed by atoms with Gasteiger partial charge in [0.25, 0.3) is 0 Å². The van der Waals surface area contributed by atoms with E-state index in [4.69, 9.17) is 4.74 Å². The standard InChI is InChI=1S/C13H19N3O3/c1-3-19-11-8-9(2)14-13(15-11)16-7-5-4-6-10(16)12(17)18/h8,10H,3-7H2,1-2H3,(H,17,18). The van der Waals surface area contributed by atoms with Crippen LogP contribution in [0, 0.1) is 6.92 Å². The Hall–Kier alpha value is -1.85. The molecule has 1 saturated heterocycles. The second-order valence-corrected chi connectivity index (χ2v) is 4.62. The first-order valence-electron chi connectivity index (χ1n) is 6.59. The zero-order valence-electron chi connectivity index (χ0n) is 11.3. The lowest BCUT2D eigenvalue weighted by Crippen LogP contribution is -2.45. The lowest BCUT2D eigenvalue weighted by molar-refractivity contribution is -0.139. The average Bonchev–Trinajstić information content (AvgIpc) is 2.38. The summed E-state index contributed by atoms with van der Waals surface area (Å²) in [5, 5.41) is 9.28. The van der Waals surface area contributed by atoms with Gasteiger partial charge >= 0.3 is 5.97 Å². The first kappa shape index (κ1) is 13.6. The molecule has 19 heavy (non-hydrogen) atoms. The molecule has 0 amide bonds. The average molecular weight is 265 g/mol. The lowest BCUT2D eigenvalue weighted by Gasteiger charge is -2.33. The largest absolute Gasteiger partial charge is 0.480 e. The van der Waals surface area contributed by atoms with Crippen LogP contribution in [0.2, 0.25) is 0 Å². The van der Waals surface area contributed by atoms with Crippen molar-refractivity contribution in [3.05, 3.63) is 11.8 Å². The number of nitrogens with zero attached hydrogens (tertiary/aromatic N) is 3. The van der Waals surface area contributed by atoms with Gasteiger partial charge in [-0.15, -0.1) is 0 Å². The Balaban J connectivity index is 2.30. The van der Waals surface area contributed by atoms with Gasteiger partial charge in [0.1, 0.15) is 6.04 Å². The molecule has 1 aromatic heterocycles. The highest BCUT2D eigenvalue weighted by Gasteiger charge is 2.30. The maximum atomic E-state index is 11.3. The monoisotopic (exact) mass is 265 g/mol. The zero-order chi connectivity index (χ0) is 13.8. The Kier molecular flexibility index (Phi) is 4.19. The van der Waals surface area contributed by atoms with E-state index in [1.165, 1.54) is 0 Å². The number of ether oxygens (including phenoxy) is 1. The van der Waals surface area contributed by atoms with Gasteiger partial charge in [0.05, 0.1) is 6.61 Å². The molecule has 1 N–H and O–H groups in total. The number of carbonyl (C=O) groups is 1. The number of aliphatic carboxylic acids is 1. The number of hydrogen-bond acceptors (Lipinski definition) is 5. The molecule has 0 aliphatic carbocycles. The van der Waals surface area contributed by atoms with Crippen LogP contribution in [-0.4, -0.2) is 40.2 Å². The van der Waals surface area contributed by atoms with Gasteiger partial charge in [-0.2, -0.15) is 4.98 Å². The highest BCUT2D eigenvalue weighted by atomic mass is 16.5. The van der Waals surface area contributed by atoms with Crippen LogP contribution < -0.4 is 9.64 Å². The summed E-state index contributed by atoms with van der Waals surface area (Å²) >= 11 is 0. The van der Waals surface area contributed by atoms with E-state index in [1.807, 2.05) is 13.8 Å². The molecular weight excluding hydrogens is 246 g/mol. The molecule has 1 aromatic rings. The predicted molar refractivity (Wildman–Crippen MR) is 70.6 cm³/mol. The highest BCUT2D eigenvalue weighted by molar-refractivity contribution is 5.77. The van der Waals surface area contributed by atoms with Gasteiger partial charge in [-0.1, -0.05) is 0 Å². The van der Waals surface area contributed by atoms with Crippen molar-refractivity contribution < 1.29 is 14.6 Å². The number of aromatic nitrogens is 2. The molecule has 0 spiro atoms. The molecule has 1 fully saturated rings. The summed E-state index contributed by atoms with van der Waals surface area (Å²) in [6.45, 7) is 4.94. The molecule has 0 aromatic carbocycles. The van der Waals surface area contributed by atoms with E-state index in [-0.39, 0.29) is 0 Å². The summed E-state index contributed by atoms with van der Waals surface area (Å²) in [7, 11) is 0. The predicted octanol–water partition coefficient (Wildman–Crippen LogP) is 1.63. The third-order valence-corrected chi connectivity index (χ3v) is 3.16. The normalized spacial score (nSPS) is 19.3. The van der Waals surface area contributed by atoms with Crippen LogP contribution in [0.15, 0.2) is 6.07 Å². The van der Waals surface area contributed by atoms with Crippen molar-refractivity contribution in [2.45, 2.75) is 39.2 Å². The smallest absolute Gasteiger partial charge is 0.326 e. The van der Waals surface area contributed by atoms with Gasteiger partial charge in [0.2, 0.25) is 11.8 Å². The van der Waals surface area contributed by atoms with E-state index in [1.54, 1.807) is 11.0 Å². The number of rotatable bonds is 4. The van der Waals surface area contributed by atoms with Crippen molar-refractivity contribution in [2.24, 2.45) is 0 Å².